The molecule has 2 fully saturated rings. The minimum Gasteiger partial charge on any atom is -0.354 e. The molecule has 1 aromatic carbocycles. The van der Waals surface area contributed by atoms with Gasteiger partial charge in [0.15, 0.2) is 0 Å². The number of aryl methyl sites for hydroxylation is 1. The van der Waals surface area contributed by atoms with E-state index in [0.29, 0.717) is 13.0 Å². The van der Waals surface area contributed by atoms with Crippen molar-refractivity contribution in [3.63, 3.8) is 0 Å². The first-order chi connectivity index (χ1) is 15.1. The number of H-pyrrole nitrogens is 1. The predicted molar refractivity (Wildman–Crippen MR) is 122 cm³/mol. The van der Waals surface area contributed by atoms with Crippen LogP contribution in [0.25, 0.3) is 11.0 Å². The SMILES string of the molecule is CSCC[C@H](C(=O)NCCCc1nc2ccccc2[nH]1)N1C(=O)[C@H]2CCCC[C@H]2C1=O. The van der Waals surface area contributed by atoms with E-state index in [9.17, 15) is 14.4 Å². The molecule has 1 aliphatic carbocycles. The van der Waals surface area contributed by atoms with Gasteiger partial charge >= 0.3 is 0 Å². The molecule has 1 saturated heterocycles. The van der Waals surface area contributed by atoms with Gasteiger partial charge in [-0.1, -0.05) is 25.0 Å². The van der Waals surface area contributed by atoms with Crippen LogP contribution >= 0.6 is 11.8 Å². The standard InChI is InChI=1S/C23H30N4O3S/c1-31-14-12-19(27-22(29)15-7-2-3-8-16(15)23(27)30)21(28)24-13-6-11-20-25-17-9-4-5-10-18(17)26-20/h4-5,9-10,15-16,19H,2-3,6-8,11-14H2,1H3,(H,24,28)(H,25,26)/t15-,16+,19-/m1/s1. The number of imide groups is 1. The van der Waals surface area contributed by atoms with Crippen LogP contribution in [0.3, 0.4) is 0 Å². The summed E-state index contributed by atoms with van der Waals surface area (Å²) in [6.45, 7) is 0.481. The van der Waals surface area contributed by atoms with Crippen molar-refractivity contribution < 1.29 is 14.4 Å². The Morgan fingerprint density at radius 3 is 2.61 bits per heavy atom. The third-order valence-electron chi connectivity index (χ3n) is 6.41. The fraction of sp³-hybridized carbons (Fsp3) is 0.565. The first-order valence-corrected chi connectivity index (χ1v) is 12.6. The smallest absolute Gasteiger partial charge is 0.243 e. The van der Waals surface area contributed by atoms with E-state index in [1.54, 1.807) is 11.8 Å². The summed E-state index contributed by atoms with van der Waals surface area (Å²) in [7, 11) is 0. The van der Waals surface area contributed by atoms with E-state index in [2.05, 4.69) is 15.3 Å². The molecule has 7 nitrogen and oxygen atoms in total. The number of aromatic nitrogens is 2. The van der Waals surface area contributed by atoms with Gasteiger partial charge in [0.05, 0.1) is 22.9 Å². The third-order valence-corrected chi connectivity index (χ3v) is 7.06. The van der Waals surface area contributed by atoms with E-state index in [1.807, 2.05) is 30.5 Å². The highest BCUT2D eigenvalue weighted by atomic mass is 32.2. The maximum atomic E-state index is 13.0. The minimum absolute atomic E-state index is 0.141. The molecule has 0 radical (unpaired) electrons. The summed E-state index contributed by atoms with van der Waals surface area (Å²) in [6.07, 6.45) is 7.41. The van der Waals surface area contributed by atoms with Crippen LogP contribution < -0.4 is 5.32 Å². The molecular formula is C23H30N4O3S. The largest absolute Gasteiger partial charge is 0.354 e. The second kappa shape index (κ2) is 9.85. The number of aromatic amines is 1. The van der Waals surface area contributed by atoms with Crippen LogP contribution in [-0.2, 0) is 20.8 Å². The van der Waals surface area contributed by atoms with Gasteiger partial charge in [-0.25, -0.2) is 4.98 Å². The number of imidazole rings is 1. The van der Waals surface area contributed by atoms with Crippen LogP contribution in [0, 0.1) is 11.8 Å². The lowest BCUT2D eigenvalue weighted by Gasteiger charge is -2.25. The van der Waals surface area contributed by atoms with Crippen molar-refractivity contribution in [2.45, 2.75) is 51.0 Å². The van der Waals surface area contributed by atoms with Crippen molar-refractivity contribution in [2.75, 3.05) is 18.6 Å². The normalized spacial score (nSPS) is 22.0. The Hall–Kier alpha value is -2.35. The molecule has 2 heterocycles. The molecule has 2 N–H and O–H groups in total. The number of rotatable bonds is 9. The number of hydrogen-bond donors (Lipinski definition) is 2. The maximum absolute atomic E-state index is 13.0. The molecule has 1 aromatic heterocycles. The average molecular weight is 443 g/mol. The monoisotopic (exact) mass is 442 g/mol. The Balaban J connectivity index is 1.35. The molecule has 3 amide bonds. The zero-order chi connectivity index (χ0) is 21.8. The van der Waals surface area contributed by atoms with Crippen LogP contribution in [0.15, 0.2) is 24.3 Å². The number of thioether (sulfide) groups is 1. The van der Waals surface area contributed by atoms with E-state index in [1.165, 1.54) is 4.90 Å². The summed E-state index contributed by atoms with van der Waals surface area (Å²) in [4.78, 5) is 48.1. The summed E-state index contributed by atoms with van der Waals surface area (Å²) in [5.41, 5.74) is 1.94. The topological polar surface area (TPSA) is 95.2 Å². The molecule has 0 unspecified atom stereocenters. The Kier molecular flexibility index (Phi) is 6.95. The first kappa shape index (κ1) is 21.9. The van der Waals surface area contributed by atoms with Gasteiger partial charge in [-0.05, 0) is 49.8 Å². The van der Waals surface area contributed by atoms with Gasteiger partial charge in [0.1, 0.15) is 11.9 Å². The zero-order valence-electron chi connectivity index (χ0n) is 17.9. The summed E-state index contributed by atoms with van der Waals surface area (Å²) >= 11 is 1.62. The van der Waals surface area contributed by atoms with E-state index < -0.39 is 6.04 Å². The van der Waals surface area contributed by atoms with Crippen LogP contribution in [0.4, 0.5) is 0 Å². The summed E-state index contributed by atoms with van der Waals surface area (Å²) in [5, 5.41) is 2.96. The molecule has 4 rings (SSSR count). The van der Waals surface area contributed by atoms with Gasteiger partial charge in [0.25, 0.3) is 0 Å². The molecule has 2 aromatic rings. The van der Waals surface area contributed by atoms with Crippen molar-refractivity contribution >= 4 is 40.5 Å². The number of para-hydroxylation sites is 2. The van der Waals surface area contributed by atoms with Gasteiger partial charge in [0.2, 0.25) is 17.7 Å². The minimum atomic E-state index is -0.704. The fourth-order valence-corrected chi connectivity index (χ4v) is 5.27. The van der Waals surface area contributed by atoms with Crippen molar-refractivity contribution in [2.24, 2.45) is 11.8 Å². The predicted octanol–water partition coefficient (Wildman–Crippen LogP) is 2.91. The Morgan fingerprint density at radius 1 is 1.23 bits per heavy atom. The van der Waals surface area contributed by atoms with Gasteiger partial charge < -0.3 is 10.3 Å². The molecule has 31 heavy (non-hydrogen) atoms. The molecule has 3 atom stereocenters. The number of benzene rings is 1. The fourth-order valence-electron chi connectivity index (χ4n) is 4.81. The summed E-state index contributed by atoms with van der Waals surface area (Å²) < 4.78 is 0. The van der Waals surface area contributed by atoms with Crippen molar-refractivity contribution in [3.8, 4) is 0 Å². The number of nitrogens with zero attached hydrogens (tertiary/aromatic N) is 2. The molecule has 0 spiro atoms. The Morgan fingerprint density at radius 2 is 1.94 bits per heavy atom. The Labute approximate surface area is 186 Å². The molecule has 0 bridgehead atoms. The molecule has 166 valence electrons. The lowest BCUT2D eigenvalue weighted by Crippen LogP contribution is -2.50. The number of likely N-dealkylation sites (tertiary alicyclic amines) is 1. The van der Waals surface area contributed by atoms with Crippen LogP contribution in [0.5, 0.6) is 0 Å². The maximum Gasteiger partial charge on any atom is 0.243 e. The highest BCUT2D eigenvalue weighted by Gasteiger charge is 2.51. The first-order valence-electron chi connectivity index (χ1n) is 11.2. The second-order valence-electron chi connectivity index (χ2n) is 8.44. The van der Waals surface area contributed by atoms with E-state index in [0.717, 1.165) is 61.1 Å². The molecule has 1 saturated carbocycles. The lowest BCUT2D eigenvalue weighted by molar-refractivity contribution is -0.148. The number of carbonyl (C=O) groups excluding carboxylic acids is 3. The number of fused-ring (bicyclic) bond motifs is 2. The second-order valence-corrected chi connectivity index (χ2v) is 9.42. The lowest BCUT2D eigenvalue weighted by atomic mass is 9.81. The van der Waals surface area contributed by atoms with Crippen molar-refractivity contribution in [1.82, 2.24) is 20.2 Å². The highest BCUT2D eigenvalue weighted by molar-refractivity contribution is 7.98. The number of carbonyl (C=O) groups is 3. The van der Waals surface area contributed by atoms with E-state index in [4.69, 9.17) is 0 Å². The number of nitrogens with one attached hydrogen (secondary N) is 2. The number of amides is 3. The molecular weight excluding hydrogens is 412 g/mol. The van der Waals surface area contributed by atoms with Gasteiger partial charge in [-0.2, -0.15) is 11.8 Å². The van der Waals surface area contributed by atoms with E-state index in [-0.39, 0.29) is 29.6 Å². The van der Waals surface area contributed by atoms with Gasteiger partial charge in [-0.3, -0.25) is 19.3 Å². The van der Waals surface area contributed by atoms with Crippen molar-refractivity contribution in [1.29, 1.82) is 0 Å². The highest BCUT2D eigenvalue weighted by Crippen LogP contribution is 2.39. The number of hydrogen-bond acceptors (Lipinski definition) is 5. The average Bonchev–Trinajstić information content (AvgIpc) is 3.31. The van der Waals surface area contributed by atoms with E-state index >= 15 is 0 Å². The van der Waals surface area contributed by atoms with Crippen molar-refractivity contribution in [3.05, 3.63) is 30.1 Å². The Bertz CT molecular complexity index is 902. The van der Waals surface area contributed by atoms with Crippen LogP contribution in [0.2, 0.25) is 0 Å². The van der Waals surface area contributed by atoms with Gasteiger partial charge in [-0.15, -0.1) is 0 Å². The van der Waals surface area contributed by atoms with Crippen LogP contribution in [0.1, 0.15) is 44.3 Å². The molecule has 1 aliphatic heterocycles. The van der Waals surface area contributed by atoms with Gasteiger partial charge in [0, 0.05) is 13.0 Å². The summed E-state index contributed by atoms with van der Waals surface area (Å²) in [5.74, 6) is 0.667. The quantitative estimate of drug-likeness (QED) is 0.460. The third kappa shape index (κ3) is 4.63. The van der Waals surface area contributed by atoms with Crippen LogP contribution in [-0.4, -0.2) is 57.2 Å². The molecule has 2 aliphatic rings. The summed E-state index contributed by atoms with van der Waals surface area (Å²) in [6, 6.07) is 7.18. The molecule has 8 heteroatoms. The zero-order valence-corrected chi connectivity index (χ0v) is 18.7.